The Morgan fingerprint density at radius 2 is 2.28 bits per heavy atom. The summed E-state index contributed by atoms with van der Waals surface area (Å²) in [5, 5.41) is 3.08. The molecule has 18 heavy (non-hydrogen) atoms. The van der Waals surface area contributed by atoms with Gasteiger partial charge >= 0.3 is 0 Å². The summed E-state index contributed by atoms with van der Waals surface area (Å²) in [5.74, 6) is 2.66. The molecule has 1 aromatic heterocycles. The SMILES string of the molecule is CCC1COC(C)CN1c1cc(NC)nc(C)n1. The molecule has 2 rings (SSSR count). The van der Waals surface area contributed by atoms with Crippen LogP contribution in [0.4, 0.5) is 11.6 Å². The first-order chi connectivity index (χ1) is 8.63. The Kier molecular flexibility index (Phi) is 4.01. The predicted molar refractivity (Wildman–Crippen MR) is 73.2 cm³/mol. The molecule has 5 nitrogen and oxygen atoms in total. The summed E-state index contributed by atoms with van der Waals surface area (Å²) in [4.78, 5) is 11.2. The summed E-state index contributed by atoms with van der Waals surface area (Å²) in [6.07, 6.45) is 1.31. The number of ether oxygens (including phenoxy) is 1. The highest BCUT2D eigenvalue weighted by Crippen LogP contribution is 2.23. The maximum Gasteiger partial charge on any atom is 0.134 e. The molecule has 0 amide bonds. The first kappa shape index (κ1) is 13.1. The van der Waals surface area contributed by atoms with Crippen LogP contribution in [-0.2, 0) is 4.74 Å². The highest BCUT2D eigenvalue weighted by Gasteiger charge is 2.27. The second-order valence-electron chi connectivity index (χ2n) is 4.77. The van der Waals surface area contributed by atoms with E-state index in [1.54, 1.807) is 0 Å². The zero-order chi connectivity index (χ0) is 13.1. The molecule has 0 aliphatic carbocycles. The molecule has 100 valence electrons. The van der Waals surface area contributed by atoms with E-state index in [0.717, 1.165) is 37.0 Å². The minimum absolute atomic E-state index is 0.251. The molecule has 2 unspecified atom stereocenters. The lowest BCUT2D eigenvalue weighted by atomic mass is 10.1. The van der Waals surface area contributed by atoms with Crippen LogP contribution in [0.15, 0.2) is 6.07 Å². The third-order valence-corrected chi connectivity index (χ3v) is 3.31. The highest BCUT2D eigenvalue weighted by atomic mass is 16.5. The highest BCUT2D eigenvalue weighted by molar-refractivity contribution is 5.50. The Balaban J connectivity index is 2.29. The van der Waals surface area contributed by atoms with Gasteiger partial charge in [0.2, 0.25) is 0 Å². The lowest BCUT2D eigenvalue weighted by Gasteiger charge is -2.39. The van der Waals surface area contributed by atoms with Crippen molar-refractivity contribution in [3.8, 4) is 0 Å². The summed E-state index contributed by atoms with van der Waals surface area (Å²) < 4.78 is 5.72. The van der Waals surface area contributed by atoms with E-state index in [1.807, 2.05) is 20.0 Å². The second kappa shape index (κ2) is 5.52. The van der Waals surface area contributed by atoms with E-state index in [1.165, 1.54) is 0 Å². The van der Waals surface area contributed by atoms with Crippen molar-refractivity contribution < 1.29 is 4.74 Å². The van der Waals surface area contributed by atoms with Crippen LogP contribution < -0.4 is 10.2 Å². The molecule has 1 saturated heterocycles. The Morgan fingerprint density at radius 1 is 1.50 bits per heavy atom. The molecule has 1 aliphatic rings. The Morgan fingerprint density at radius 3 is 2.94 bits per heavy atom. The molecule has 1 aliphatic heterocycles. The smallest absolute Gasteiger partial charge is 0.134 e. The zero-order valence-electron chi connectivity index (χ0n) is 11.6. The number of morpholine rings is 1. The summed E-state index contributed by atoms with van der Waals surface area (Å²) >= 11 is 0. The van der Waals surface area contributed by atoms with Crippen molar-refractivity contribution >= 4 is 11.6 Å². The average molecular weight is 250 g/mol. The number of anilines is 2. The third-order valence-electron chi connectivity index (χ3n) is 3.31. The number of hydrogen-bond acceptors (Lipinski definition) is 5. The normalized spacial score (nSPS) is 24.1. The van der Waals surface area contributed by atoms with Crippen molar-refractivity contribution in [3.05, 3.63) is 11.9 Å². The molecule has 1 fully saturated rings. The number of aryl methyl sites for hydroxylation is 1. The minimum Gasteiger partial charge on any atom is -0.375 e. The van der Waals surface area contributed by atoms with Crippen molar-refractivity contribution in [1.82, 2.24) is 9.97 Å². The van der Waals surface area contributed by atoms with E-state index < -0.39 is 0 Å². The van der Waals surface area contributed by atoms with Crippen molar-refractivity contribution in [2.75, 3.05) is 30.4 Å². The van der Waals surface area contributed by atoms with Crippen LogP contribution in [-0.4, -0.2) is 42.3 Å². The van der Waals surface area contributed by atoms with E-state index >= 15 is 0 Å². The van der Waals surface area contributed by atoms with Gasteiger partial charge in [0.1, 0.15) is 17.5 Å². The van der Waals surface area contributed by atoms with Crippen LogP contribution in [0.2, 0.25) is 0 Å². The maximum atomic E-state index is 5.72. The van der Waals surface area contributed by atoms with Gasteiger partial charge in [-0.2, -0.15) is 0 Å². The molecule has 2 heterocycles. The molecular formula is C13H22N4O. The number of nitrogens with zero attached hydrogens (tertiary/aromatic N) is 3. The molecule has 1 N–H and O–H groups in total. The van der Waals surface area contributed by atoms with Crippen LogP contribution in [0.5, 0.6) is 0 Å². The van der Waals surface area contributed by atoms with E-state index in [0.29, 0.717) is 6.04 Å². The van der Waals surface area contributed by atoms with Crippen molar-refractivity contribution in [3.63, 3.8) is 0 Å². The molecule has 5 heteroatoms. The third kappa shape index (κ3) is 2.72. The summed E-state index contributed by atoms with van der Waals surface area (Å²) in [7, 11) is 1.88. The minimum atomic E-state index is 0.251. The number of nitrogens with one attached hydrogen (secondary N) is 1. The molecule has 0 aromatic carbocycles. The van der Waals surface area contributed by atoms with Crippen LogP contribution in [0.25, 0.3) is 0 Å². The molecule has 0 bridgehead atoms. The molecule has 1 aromatic rings. The van der Waals surface area contributed by atoms with E-state index in [2.05, 4.69) is 34.0 Å². The maximum absolute atomic E-state index is 5.72. The summed E-state index contributed by atoms with van der Waals surface area (Å²) in [5.41, 5.74) is 0. The average Bonchev–Trinajstić information content (AvgIpc) is 2.38. The van der Waals surface area contributed by atoms with Crippen LogP contribution in [0, 0.1) is 6.92 Å². The van der Waals surface area contributed by atoms with Crippen LogP contribution >= 0.6 is 0 Å². The Labute approximate surface area is 109 Å². The first-order valence-electron chi connectivity index (χ1n) is 6.55. The molecular weight excluding hydrogens is 228 g/mol. The van der Waals surface area contributed by atoms with Gasteiger partial charge in [0.15, 0.2) is 0 Å². The van der Waals surface area contributed by atoms with Crippen molar-refractivity contribution in [2.24, 2.45) is 0 Å². The topological polar surface area (TPSA) is 50.3 Å². The van der Waals surface area contributed by atoms with Gasteiger partial charge in [0.25, 0.3) is 0 Å². The van der Waals surface area contributed by atoms with Gasteiger partial charge in [-0.05, 0) is 20.3 Å². The lowest BCUT2D eigenvalue weighted by Crippen LogP contribution is -2.49. The fourth-order valence-electron chi connectivity index (χ4n) is 2.29. The van der Waals surface area contributed by atoms with E-state index in [4.69, 9.17) is 4.74 Å². The second-order valence-corrected chi connectivity index (χ2v) is 4.77. The fraction of sp³-hybridized carbons (Fsp3) is 0.692. The zero-order valence-corrected chi connectivity index (χ0v) is 11.6. The lowest BCUT2D eigenvalue weighted by molar-refractivity contribution is 0.0296. The largest absolute Gasteiger partial charge is 0.375 e. The van der Waals surface area contributed by atoms with Crippen LogP contribution in [0.1, 0.15) is 26.1 Å². The standard InChI is InChI=1S/C13H22N4O/c1-5-11-8-18-9(2)7-17(11)13-6-12(14-4)15-10(3)16-13/h6,9,11H,5,7-8H2,1-4H3,(H,14,15,16). The van der Waals surface area contributed by atoms with Crippen molar-refractivity contribution in [1.29, 1.82) is 0 Å². The Bertz CT molecular complexity index is 410. The quantitative estimate of drug-likeness (QED) is 0.887. The van der Waals surface area contributed by atoms with Crippen LogP contribution in [0.3, 0.4) is 0 Å². The fourth-order valence-corrected chi connectivity index (χ4v) is 2.29. The molecule has 2 atom stereocenters. The molecule has 0 saturated carbocycles. The van der Waals surface area contributed by atoms with Gasteiger partial charge < -0.3 is 15.0 Å². The number of rotatable bonds is 3. The van der Waals surface area contributed by atoms with Gasteiger partial charge in [-0.3, -0.25) is 0 Å². The van der Waals surface area contributed by atoms with E-state index in [9.17, 15) is 0 Å². The van der Waals surface area contributed by atoms with Gasteiger partial charge in [-0.15, -0.1) is 0 Å². The predicted octanol–water partition coefficient (Wildman–Crippen LogP) is 1.83. The van der Waals surface area contributed by atoms with Gasteiger partial charge in [0.05, 0.1) is 18.8 Å². The van der Waals surface area contributed by atoms with Gasteiger partial charge in [-0.1, -0.05) is 6.92 Å². The van der Waals surface area contributed by atoms with Gasteiger partial charge in [-0.25, -0.2) is 9.97 Å². The first-order valence-corrected chi connectivity index (χ1v) is 6.55. The van der Waals surface area contributed by atoms with E-state index in [-0.39, 0.29) is 6.10 Å². The number of hydrogen-bond donors (Lipinski definition) is 1. The molecule has 0 spiro atoms. The van der Waals surface area contributed by atoms with Gasteiger partial charge in [0, 0.05) is 19.7 Å². The Hall–Kier alpha value is -1.36. The monoisotopic (exact) mass is 250 g/mol. The van der Waals surface area contributed by atoms with Crippen molar-refractivity contribution in [2.45, 2.75) is 39.3 Å². The summed E-state index contributed by atoms with van der Waals surface area (Å²) in [6, 6.07) is 2.41. The summed E-state index contributed by atoms with van der Waals surface area (Å²) in [6.45, 7) is 7.87. The number of aromatic nitrogens is 2. The molecule has 0 radical (unpaired) electrons.